The molecule has 11 rings (SSSR count). The van der Waals surface area contributed by atoms with E-state index in [1.165, 1.54) is 76.7 Å². The van der Waals surface area contributed by atoms with E-state index < -0.39 is 0 Å². The Bertz CT molecular complexity index is 3250. The molecule has 0 bridgehead atoms. The van der Waals surface area contributed by atoms with Gasteiger partial charge in [-0.3, -0.25) is 0 Å². The average Bonchev–Trinajstić information content (AvgIpc) is 3.65. The van der Waals surface area contributed by atoms with Crippen molar-refractivity contribution in [1.29, 1.82) is 0 Å². The second-order valence-corrected chi connectivity index (χ2v) is 15.0. The average molecular weight is 739 g/mol. The molecular weight excluding hydrogens is 701 g/mol. The van der Waals surface area contributed by atoms with Crippen molar-refractivity contribution in [2.24, 2.45) is 0 Å². The van der Waals surface area contributed by atoms with E-state index >= 15 is 0 Å². The topological polar surface area (TPSA) is 8.17 Å². The van der Waals surface area contributed by atoms with Crippen molar-refractivity contribution in [3.05, 3.63) is 231 Å². The third-order valence-corrected chi connectivity index (χ3v) is 11.5. The quantitative estimate of drug-likeness (QED) is 0.158. The lowest BCUT2D eigenvalue weighted by Gasteiger charge is -2.27. The molecule has 0 saturated heterocycles. The molecule has 0 aliphatic carbocycles. The highest BCUT2D eigenvalue weighted by molar-refractivity contribution is 6.24. The van der Waals surface area contributed by atoms with Gasteiger partial charge in [-0.1, -0.05) is 170 Å². The minimum absolute atomic E-state index is 1.10. The van der Waals surface area contributed by atoms with Gasteiger partial charge in [0.25, 0.3) is 0 Å². The van der Waals surface area contributed by atoms with E-state index in [1.54, 1.807) is 0 Å². The standard InChI is InChI=1S/C56H38N2/c1-3-14-39(15-4-1)41-26-28-42(29-27-41)43-30-33-48(34-31-43)57(50-35-32-40-16-7-8-17-44(40)36-50)49-22-13-19-45(37-49)53-38-46-18-9-10-23-51(46)56-55(53)52-24-11-12-25-54(52)58(56)47-20-5-2-6-21-47/h1-38H. The van der Waals surface area contributed by atoms with Gasteiger partial charge in [0, 0.05) is 38.9 Å². The Morgan fingerprint density at radius 1 is 0.310 bits per heavy atom. The van der Waals surface area contributed by atoms with E-state index in [9.17, 15) is 0 Å². The summed E-state index contributed by atoms with van der Waals surface area (Å²) >= 11 is 0. The SMILES string of the molecule is c1ccc(-c2ccc(-c3ccc(N(c4cccc(-c5cc6ccccc6c6c5c5ccccc5n6-c5ccccc5)c4)c4ccc5ccccc5c4)cc3)cc2)cc1. The minimum Gasteiger partial charge on any atom is -0.310 e. The van der Waals surface area contributed by atoms with Crippen LogP contribution in [0.1, 0.15) is 0 Å². The van der Waals surface area contributed by atoms with Crippen molar-refractivity contribution in [3.63, 3.8) is 0 Å². The lowest BCUT2D eigenvalue weighted by atomic mass is 9.94. The van der Waals surface area contributed by atoms with E-state index in [1.807, 2.05) is 0 Å². The molecule has 0 unspecified atom stereocenters. The van der Waals surface area contributed by atoms with E-state index in [0.29, 0.717) is 0 Å². The molecule has 0 aliphatic heterocycles. The fourth-order valence-electron chi connectivity index (χ4n) is 8.77. The number of para-hydroxylation sites is 2. The van der Waals surface area contributed by atoms with Crippen molar-refractivity contribution in [1.82, 2.24) is 4.57 Å². The van der Waals surface area contributed by atoms with Crippen LogP contribution in [0.5, 0.6) is 0 Å². The molecule has 1 aromatic heterocycles. The first-order valence-corrected chi connectivity index (χ1v) is 19.9. The molecule has 58 heavy (non-hydrogen) atoms. The van der Waals surface area contributed by atoms with E-state index in [-0.39, 0.29) is 0 Å². The number of aromatic nitrogens is 1. The predicted octanol–water partition coefficient (Wildman–Crippen LogP) is 15.6. The second kappa shape index (κ2) is 14.1. The molecule has 0 fully saturated rings. The lowest BCUT2D eigenvalue weighted by Crippen LogP contribution is -2.10. The highest BCUT2D eigenvalue weighted by Gasteiger charge is 2.21. The van der Waals surface area contributed by atoms with Crippen molar-refractivity contribution in [2.45, 2.75) is 0 Å². The van der Waals surface area contributed by atoms with E-state index in [0.717, 1.165) is 22.7 Å². The molecule has 2 nitrogen and oxygen atoms in total. The number of anilines is 3. The second-order valence-electron chi connectivity index (χ2n) is 15.0. The maximum absolute atomic E-state index is 2.44. The molecule has 0 atom stereocenters. The van der Waals surface area contributed by atoms with Gasteiger partial charge in [-0.25, -0.2) is 0 Å². The summed E-state index contributed by atoms with van der Waals surface area (Å²) in [5, 5.41) is 7.39. The van der Waals surface area contributed by atoms with Crippen LogP contribution in [0.25, 0.3) is 82.4 Å². The molecule has 0 saturated carbocycles. The summed E-state index contributed by atoms with van der Waals surface area (Å²) in [6.07, 6.45) is 0. The van der Waals surface area contributed by atoms with Crippen LogP contribution in [0.3, 0.4) is 0 Å². The van der Waals surface area contributed by atoms with Gasteiger partial charge in [0.2, 0.25) is 0 Å². The number of fused-ring (bicyclic) bond motifs is 6. The molecule has 10 aromatic carbocycles. The van der Waals surface area contributed by atoms with Gasteiger partial charge in [-0.05, 0) is 110 Å². The smallest absolute Gasteiger partial charge is 0.0625 e. The van der Waals surface area contributed by atoms with Gasteiger partial charge in [-0.15, -0.1) is 0 Å². The minimum atomic E-state index is 1.10. The van der Waals surface area contributed by atoms with E-state index in [2.05, 4.69) is 240 Å². The van der Waals surface area contributed by atoms with Crippen LogP contribution in [-0.2, 0) is 0 Å². The summed E-state index contributed by atoms with van der Waals surface area (Å²) in [5.41, 5.74) is 14.1. The summed E-state index contributed by atoms with van der Waals surface area (Å²) in [6.45, 7) is 0. The third-order valence-electron chi connectivity index (χ3n) is 11.5. The molecule has 0 N–H and O–H groups in total. The molecule has 0 aliphatic rings. The highest BCUT2D eigenvalue weighted by atomic mass is 15.1. The van der Waals surface area contributed by atoms with Gasteiger partial charge < -0.3 is 9.47 Å². The summed E-state index contributed by atoms with van der Waals surface area (Å²) in [5.74, 6) is 0. The summed E-state index contributed by atoms with van der Waals surface area (Å²) in [6, 6.07) is 83.7. The number of hydrogen-bond donors (Lipinski definition) is 0. The zero-order chi connectivity index (χ0) is 38.4. The third kappa shape index (κ3) is 5.82. The Kier molecular flexibility index (Phi) is 8.19. The largest absolute Gasteiger partial charge is 0.310 e. The van der Waals surface area contributed by atoms with Gasteiger partial charge in [0.1, 0.15) is 0 Å². The maximum Gasteiger partial charge on any atom is 0.0625 e. The lowest BCUT2D eigenvalue weighted by molar-refractivity contribution is 1.19. The zero-order valence-electron chi connectivity index (χ0n) is 31.8. The van der Waals surface area contributed by atoms with Crippen molar-refractivity contribution < 1.29 is 0 Å². The number of hydrogen-bond acceptors (Lipinski definition) is 1. The fourth-order valence-corrected chi connectivity index (χ4v) is 8.77. The van der Waals surface area contributed by atoms with E-state index in [4.69, 9.17) is 0 Å². The molecular formula is C56H38N2. The van der Waals surface area contributed by atoms with Gasteiger partial charge in [0.15, 0.2) is 0 Å². The summed E-state index contributed by atoms with van der Waals surface area (Å²) < 4.78 is 2.44. The fraction of sp³-hybridized carbons (Fsp3) is 0. The van der Waals surface area contributed by atoms with Crippen LogP contribution >= 0.6 is 0 Å². The highest BCUT2D eigenvalue weighted by Crippen LogP contribution is 2.45. The number of nitrogens with zero attached hydrogens (tertiary/aromatic N) is 2. The van der Waals surface area contributed by atoms with Gasteiger partial charge in [-0.2, -0.15) is 0 Å². The van der Waals surface area contributed by atoms with Crippen LogP contribution in [0.4, 0.5) is 17.1 Å². The summed E-state index contributed by atoms with van der Waals surface area (Å²) in [4.78, 5) is 2.39. The first-order valence-electron chi connectivity index (χ1n) is 19.9. The molecule has 0 radical (unpaired) electrons. The zero-order valence-corrected chi connectivity index (χ0v) is 31.8. The van der Waals surface area contributed by atoms with Crippen molar-refractivity contribution in [2.75, 3.05) is 4.90 Å². The molecule has 1 heterocycles. The van der Waals surface area contributed by atoms with Crippen LogP contribution in [0.2, 0.25) is 0 Å². The Morgan fingerprint density at radius 3 is 1.59 bits per heavy atom. The Morgan fingerprint density at radius 2 is 0.845 bits per heavy atom. The molecule has 0 spiro atoms. The molecule has 272 valence electrons. The van der Waals surface area contributed by atoms with Crippen LogP contribution < -0.4 is 4.90 Å². The first kappa shape index (κ1) is 33.6. The van der Waals surface area contributed by atoms with Crippen LogP contribution in [0.15, 0.2) is 231 Å². The predicted molar refractivity (Wildman–Crippen MR) is 247 cm³/mol. The Balaban J connectivity index is 1.08. The Labute approximate surface area is 338 Å². The normalized spacial score (nSPS) is 11.4. The van der Waals surface area contributed by atoms with Crippen LogP contribution in [0, 0.1) is 0 Å². The van der Waals surface area contributed by atoms with Crippen LogP contribution in [-0.4, -0.2) is 4.57 Å². The number of benzene rings is 10. The summed E-state index contributed by atoms with van der Waals surface area (Å²) in [7, 11) is 0. The first-order chi connectivity index (χ1) is 28.8. The Hall–Kier alpha value is -7.68. The van der Waals surface area contributed by atoms with Gasteiger partial charge in [0.05, 0.1) is 11.0 Å². The van der Waals surface area contributed by atoms with Crippen molar-refractivity contribution in [3.8, 4) is 39.1 Å². The maximum atomic E-state index is 2.44. The monoisotopic (exact) mass is 738 g/mol. The number of rotatable bonds is 7. The molecule has 0 amide bonds. The van der Waals surface area contributed by atoms with Crippen molar-refractivity contribution >= 4 is 60.4 Å². The molecule has 2 heteroatoms. The molecule has 11 aromatic rings. The van der Waals surface area contributed by atoms with Gasteiger partial charge >= 0.3 is 0 Å².